The third kappa shape index (κ3) is 0.754. The zero-order chi connectivity index (χ0) is 6.27. The minimum atomic E-state index is 0.394. The second-order valence-electron chi connectivity index (χ2n) is 2.37. The van der Waals surface area contributed by atoms with Crippen LogP contribution in [0.15, 0.2) is 18.3 Å². The zero-order valence-corrected chi connectivity index (χ0v) is 5.37. The summed E-state index contributed by atoms with van der Waals surface area (Å²) < 4.78 is 7.21. The summed E-state index contributed by atoms with van der Waals surface area (Å²) in [6, 6.07) is 4.13. The van der Waals surface area contributed by atoms with Gasteiger partial charge in [-0.25, -0.2) is 0 Å². The molecule has 1 atom stereocenters. The van der Waals surface area contributed by atoms with Gasteiger partial charge in [0.25, 0.3) is 0 Å². The van der Waals surface area contributed by atoms with Crippen LogP contribution in [0.2, 0.25) is 0 Å². The third-order valence-electron chi connectivity index (χ3n) is 1.65. The van der Waals surface area contributed by atoms with Crippen molar-refractivity contribution in [1.29, 1.82) is 0 Å². The zero-order valence-electron chi connectivity index (χ0n) is 5.37. The summed E-state index contributed by atoms with van der Waals surface area (Å²) in [6.07, 6.45) is 2.43. The molecule has 0 radical (unpaired) electrons. The van der Waals surface area contributed by atoms with Gasteiger partial charge in [0.15, 0.2) is 0 Å². The Labute approximate surface area is 54.1 Å². The van der Waals surface area contributed by atoms with Crippen LogP contribution in [0.5, 0.6) is 0 Å². The van der Waals surface area contributed by atoms with Crippen LogP contribution in [-0.2, 0) is 11.8 Å². The molecule has 0 unspecified atom stereocenters. The van der Waals surface area contributed by atoms with Gasteiger partial charge in [-0.05, 0) is 12.1 Å². The van der Waals surface area contributed by atoms with E-state index in [0.717, 1.165) is 6.61 Å². The summed E-state index contributed by atoms with van der Waals surface area (Å²) >= 11 is 0. The summed E-state index contributed by atoms with van der Waals surface area (Å²) in [5.74, 6) is 0. The lowest BCUT2D eigenvalue weighted by molar-refractivity contribution is 0.407. The average molecular weight is 123 g/mol. The van der Waals surface area contributed by atoms with Gasteiger partial charge in [-0.2, -0.15) is 0 Å². The fourth-order valence-corrected chi connectivity index (χ4v) is 1.03. The lowest BCUT2D eigenvalue weighted by Gasteiger charge is -1.95. The number of rotatable bonds is 1. The molecular weight excluding hydrogens is 114 g/mol. The highest BCUT2D eigenvalue weighted by Gasteiger charge is 2.26. The minimum absolute atomic E-state index is 0.394. The minimum Gasteiger partial charge on any atom is -0.366 e. The van der Waals surface area contributed by atoms with Crippen molar-refractivity contribution < 1.29 is 4.74 Å². The van der Waals surface area contributed by atoms with Crippen LogP contribution in [0.25, 0.3) is 0 Å². The van der Waals surface area contributed by atoms with Crippen molar-refractivity contribution in [3.05, 3.63) is 24.0 Å². The standard InChI is InChI=1S/C7H9NO/c1-8-4-2-3-6(8)7-5-9-7/h2-4,7H,5H2,1H3/t7-/m1/s1. The van der Waals surface area contributed by atoms with Crippen LogP contribution in [0.4, 0.5) is 0 Å². The van der Waals surface area contributed by atoms with Gasteiger partial charge in [-0.3, -0.25) is 0 Å². The number of ether oxygens (including phenoxy) is 1. The summed E-state index contributed by atoms with van der Waals surface area (Å²) in [5, 5.41) is 0. The average Bonchev–Trinajstić information content (AvgIpc) is 2.58. The summed E-state index contributed by atoms with van der Waals surface area (Å²) in [6.45, 7) is 0.901. The first kappa shape index (κ1) is 5.06. The Morgan fingerprint density at radius 1 is 1.78 bits per heavy atom. The Hall–Kier alpha value is -0.760. The van der Waals surface area contributed by atoms with E-state index >= 15 is 0 Å². The maximum atomic E-state index is 5.11. The van der Waals surface area contributed by atoms with Crippen LogP contribution < -0.4 is 0 Å². The quantitative estimate of drug-likeness (QED) is 0.511. The first-order chi connectivity index (χ1) is 4.38. The van der Waals surface area contributed by atoms with Gasteiger partial charge in [0.1, 0.15) is 6.10 Å². The lowest BCUT2D eigenvalue weighted by atomic mass is 10.3. The molecule has 2 rings (SSSR count). The van der Waals surface area contributed by atoms with E-state index in [1.54, 1.807) is 0 Å². The fraction of sp³-hybridized carbons (Fsp3) is 0.429. The number of nitrogens with zero attached hydrogens (tertiary/aromatic N) is 1. The van der Waals surface area contributed by atoms with Crippen LogP contribution in [0.1, 0.15) is 11.8 Å². The highest BCUT2D eigenvalue weighted by atomic mass is 16.6. The Morgan fingerprint density at radius 2 is 2.56 bits per heavy atom. The van der Waals surface area contributed by atoms with Crippen molar-refractivity contribution in [1.82, 2.24) is 4.57 Å². The van der Waals surface area contributed by atoms with Crippen LogP contribution in [-0.4, -0.2) is 11.2 Å². The number of epoxide rings is 1. The molecule has 0 aromatic carbocycles. The number of hydrogen-bond acceptors (Lipinski definition) is 1. The molecule has 2 nitrogen and oxygen atoms in total. The predicted molar refractivity (Wildman–Crippen MR) is 34.1 cm³/mol. The van der Waals surface area contributed by atoms with Gasteiger partial charge < -0.3 is 9.30 Å². The fourth-order valence-electron chi connectivity index (χ4n) is 1.03. The Morgan fingerprint density at radius 3 is 3.00 bits per heavy atom. The van der Waals surface area contributed by atoms with Crippen LogP contribution in [0.3, 0.4) is 0 Å². The molecule has 9 heavy (non-hydrogen) atoms. The smallest absolute Gasteiger partial charge is 0.121 e. The molecule has 1 aliphatic rings. The van der Waals surface area contributed by atoms with Crippen molar-refractivity contribution in [3.63, 3.8) is 0 Å². The molecule has 2 heteroatoms. The van der Waals surface area contributed by atoms with Crippen molar-refractivity contribution >= 4 is 0 Å². The van der Waals surface area contributed by atoms with Crippen molar-refractivity contribution in [2.45, 2.75) is 6.10 Å². The van der Waals surface area contributed by atoms with Crippen LogP contribution in [0, 0.1) is 0 Å². The molecule has 0 spiro atoms. The second-order valence-corrected chi connectivity index (χ2v) is 2.37. The van der Waals surface area contributed by atoms with E-state index in [1.165, 1.54) is 5.69 Å². The summed E-state index contributed by atoms with van der Waals surface area (Å²) in [7, 11) is 2.04. The number of hydrogen-bond donors (Lipinski definition) is 0. The van der Waals surface area contributed by atoms with Gasteiger partial charge in [-0.1, -0.05) is 0 Å². The molecule has 1 saturated heterocycles. The largest absolute Gasteiger partial charge is 0.366 e. The first-order valence-electron chi connectivity index (χ1n) is 3.11. The van der Waals surface area contributed by atoms with Crippen molar-refractivity contribution in [2.24, 2.45) is 7.05 Å². The highest BCUT2D eigenvalue weighted by molar-refractivity contribution is 5.12. The molecule has 0 aliphatic carbocycles. The topological polar surface area (TPSA) is 17.5 Å². The SMILES string of the molecule is Cn1cccc1[C@H]1CO1. The molecule has 48 valence electrons. The molecule has 0 amide bonds. The molecule has 0 saturated carbocycles. The molecule has 1 aliphatic heterocycles. The van der Waals surface area contributed by atoms with E-state index in [2.05, 4.69) is 10.6 Å². The van der Waals surface area contributed by atoms with Gasteiger partial charge in [0.2, 0.25) is 0 Å². The van der Waals surface area contributed by atoms with Gasteiger partial charge >= 0.3 is 0 Å². The normalized spacial score (nSPS) is 24.3. The maximum Gasteiger partial charge on any atom is 0.121 e. The van der Waals surface area contributed by atoms with Crippen LogP contribution >= 0.6 is 0 Å². The van der Waals surface area contributed by atoms with E-state index in [4.69, 9.17) is 4.74 Å². The highest BCUT2D eigenvalue weighted by Crippen LogP contribution is 2.28. The van der Waals surface area contributed by atoms with Gasteiger partial charge in [0.05, 0.1) is 6.61 Å². The van der Waals surface area contributed by atoms with E-state index in [1.807, 2.05) is 19.3 Å². The van der Waals surface area contributed by atoms with E-state index in [-0.39, 0.29) is 0 Å². The molecule has 1 fully saturated rings. The van der Waals surface area contributed by atoms with E-state index in [9.17, 15) is 0 Å². The summed E-state index contributed by atoms with van der Waals surface area (Å²) in [5.41, 5.74) is 1.29. The van der Waals surface area contributed by atoms with E-state index < -0.39 is 0 Å². The Balaban J connectivity index is 2.35. The van der Waals surface area contributed by atoms with E-state index in [0.29, 0.717) is 6.10 Å². The number of aromatic nitrogens is 1. The molecule has 2 heterocycles. The predicted octanol–water partition coefficient (Wildman–Crippen LogP) is 1.10. The molecule has 1 aromatic rings. The lowest BCUT2D eigenvalue weighted by Crippen LogP contribution is -1.91. The Kier molecular flexibility index (Phi) is 0.904. The second kappa shape index (κ2) is 1.61. The molecular formula is C7H9NO. The third-order valence-corrected chi connectivity index (χ3v) is 1.65. The first-order valence-corrected chi connectivity index (χ1v) is 3.11. The van der Waals surface area contributed by atoms with Crippen molar-refractivity contribution in [3.8, 4) is 0 Å². The molecule has 0 N–H and O–H groups in total. The Bertz CT molecular complexity index is 212. The maximum absolute atomic E-state index is 5.11. The summed E-state index contributed by atoms with van der Waals surface area (Å²) in [4.78, 5) is 0. The number of aryl methyl sites for hydroxylation is 1. The molecule has 1 aromatic heterocycles. The van der Waals surface area contributed by atoms with Gasteiger partial charge in [-0.15, -0.1) is 0 Å². The van der Waals surface area contributed by atoms with Gasteiger partial charge in [0, 0.05) is 18.9 Å². The molecule has 0 bridgehead atoms. The van der Waals surface area contributed by atoms with Crippen molar-refractivity contribution in [2.75, 3.05) is 6.61 Å². The monoisotopic (exact) mass is 123 g/mol.